The number of esters is 1. The molecule has 0 unspecified atom stereocenters. The second-order valence-corrected chi connectivity index (χ2v) is 11.0. The molecule has 0 radical (unpaired) electrons. The molecule has 0 saturated heterocycles. The number of benzene rings is 1. The summed E-state index contributed by atoms with van der Waals surface area (Å²) < 4.78 is 28.7. The maximum atomic E-state index is 13.0. The number of hydrogen-bond acceptors (Lipinski definition) is 7. The van der Waals surface area contributed by atoms with Gasteiger partial charge in [0, 0.05) is 23.5 Å². The molecule has 1 aliphatic carbocycles. The first kappa shape index (κ1) is 23.4. The zero-order chi connectivity index (χ0) is 23.9. The highest BCUT2D eigenvalue weighted by Gasteiger charge is 2.33. The lowest BCUT2D eigenvalue weighted by molar-refractivity contribution is -0.122. The number of carbonyl (C=O) groups is 3. The lowest BCUT2D eigenvalue weighted by Crippen LogP contribution is -2.38. The molecule has 11 heteroatoms. The summed E-state index contributed by atoms with van der Waals surface area (Å²) in [5.41, 5.74) is 2.49. The Morgan fingerprint density at radius 1 is 1.24 bits per heavy atom. The van der Waals surface area contributed by atoms with E-state index in [9.17, 15) is 22.8 Å². The number of ether oxygens (including phenoxy) is 1. The van der Waals surface area contributed by atoms with Gasteiger partial charge in [-0.3, -0.25) is 9.59 Å². The molecule has 0 bridgehead atoms. The average molecular weight is 492 g/mol. The first-order valence-corrected chi connectivity index (χ1v) is 13.0. The van der Waals surface area contributed by atoms with Gasteiger partial charge in [0.15, 0.2) is 6.61 Å². The van der Waals surface area contributed by atoms with E-state index in [2.05, 4.69) is 5.32 Å². The van der Waals surface area contributed by atoms with Crippen LogP contribution in [0.25, 0.3) is 0 Å². The molecule has 33 heavy (non-hydrogen) atoms. The Labute approximate surface area is 196 Å². The zero-order valence-corrected chi connectivity index (χ0v) is 20.0. The van der Waals surface area contributed by atoms with Crippen molar-refractivity contribution in [3.63, 3.8) is 0 Å². The maximum absolute atomic E-state index is 13.0. The van der Waals surface area contributed by atoms with Gasteiger partial charge in [0.2, 0.25) is 15.9 Å². The third kappa shape index (κ3) is 4.66. The molecule has 2 aliphatic rings. The third-order valence-electron chi connectivity index (χ3n) is 5.86. The largest absolute Gasteiger partial charge is 0.452 e. The van der Waals surface area contributed by atoms with Crippen molar-refractivity contribution in [2.75, 3.05) is 16.8 Å². The molecule has 9 nitrogen and oxygen atoms in total. The van der Waals surface area contributed by atoms with Gasteiger partial charge in [-0.05, 0) is 68.4 Å². The predicted molar refractivity (Wildman–Crippen MR) is 124 cm³/mol. The molecule has 1 atom stereocenters. The van der Waals surface area contributed by atoms with Crippen LogP contribution in [0.15, 0.2) is 23.1 Å². The highest BCUT2D eigenvalue weighted by atomic mass is 32.2. The van der Waals surface area contributed by atoms with Gasteiger partial charge in [0.05, 0.1) is 10.5 Å². The molecule has 0 saturated carbocycles. The fraction of sp³-hybridized carbons (Fsp3) is 0.409. The molecule has 1 aromatic heterocycles. The summed E-state index contributed by atoms with van der Waals surface area (Å²) in [6.45, 7) is 2.75. The van der Waals surface area contributed by atoms with E-state index in [-0.39, 0.29) is 16.8 Å². The quantitative estimate of drug-likeness (QED) is 0.617. The van der Waals surface area contributed by atoms with E-state index in [1.165, 1.54) is 35.3 Å². The van der Waals surface area contributed by atoms with Crippen LogP contribution in [-0.4, -0.2) is 38.9 Å². The third-order valence-corrected chi connectivity index (χ3v) is 7.97. The molecule has 3 N–H and O–H groups in total. The number of aryl methyl sites for hydroxylation is 1. The summed E-state index contributed by atoms with van der Waals surface area (Å²) in [7, 11) is -3.85. The minimum Gasteiger partial charge on any atom is -0.452 e. The molecule has 1 aliphatic heterocycles. The molecule has 2 aromatic rings. The summed E-state index contributed by atoms with van der Waals surface area (Å²) in [6, 6.07) is 4.14. The van der Waals surface area contributed by atoms with Crippen molar-refractivity contribution in [3.05, 3.63) is 39.8 Å². The van der Waals surface area contributed by atoms with Crippen molar-refractivity contribution in [2.24, 2.45) is 5.14 Å². The van der Waals surface area contributed by atoms with Gasteiger partial charge in [0.1, 0.15) is 5.00 Å². The Hall–Kier alpha value is -2.76. The normalized spacial score (nSPS) is 17.3. The number of rotatable bonds is 5. The lowest BCUT2D eigenvalue weighted by atomic mass is 9.95. The van der Waals surface area contributed by atoms with Gasteiger partial charge in [-0.15, -0.1) is 11.3 Å². The van der Waals surface area contributed by atoms with E-state index >= 15 is 0 Å². The molecular weight excluding hydrogens is 466 g/mol. The van der Waals surface area contributed by atoms with Crippen molar-refractivity contribution in [3.8, 4) is 0 Å². The number of thiophene rings is 1. The van der Waals surface area contributed by atoms with E-state index in [1.807, 2.05) is 6.92 Å². The van der Waals surface area contributed by atoms with E-state index < -0.39 is 28.5 Å². The number of nitrogens with two attached hydrogens (primary N) is 1. The Balaban J connectivity index is 1.52. The van der Waals surface area contributed by atoms with Gasteiger partial charge in [-0.2, -0.15) is 0 Å². The van der Waals surface area contributed by atoms with E-state index in [0.29, 0.717) is 28.2 Å². The number of anilines is 2. The van der Waals surface area contributed by atoms with E-state index in [0.717, 1.165) is 36.1 Å². The first-order valence-electron chi connectivity index (χ1n) is 10.6. The minimum atomic E-state index is -3.85. The van der Waals surface area contributed by atoms with Crippen LogP contribution in [0.5, 0.6) is 0 Å². The topological polar surface area (TPSA) is 136 Å². The van der Waals surface area contributed by atoms with Crippen molar-refractivity contribution in [1.29, 1.82) is 0 Å². The molecule has 1 aromatic carbocycles. The van der Waals surface area contributed by atoms with Crippen LogP contribution in [0.2, 0.25) is 0 Å². The van der Waals surface area contributed by atoms with Crippen molar-refractivity contribution in [1.82, 2.24) is 0 Å². The van der Waals surface area contributed by atoms with Crippen LogP contribution in [0.1, 0.15) is 53.1 Å². The van der Waals surface area contributed by atoms with E-state index in [4.69, 9.17) is 9.88 Å². The predicted octanol–water partition coefficient (Wildman–Crippen LogP) is 2.37. The SMILES string of the molecule is CC(=O)Nc1sc2c(c1C(=O)OCC(=O)N1c3ccc(S(N)(=O)=O)cc3C[C@@H]1C)CCCC2. The molecular formula is C22H25N3O6S2. The smallest absolute Gasteiger partial charge is 0.341 e. The van der Waals surface area contributed by atoms with Crippen LogP contribution < -0.4 is 15.4 Å². The van der Waals surface area contributed by atoms with Crippen molar-refractivity contribution >= 4 is 49.8 Å². The van der Waals surface area contributed by atoms with Crippen LogP contribution in [0.4, 0.5) is 10.7 Å². The number of nitrogens with zero attached hydrogens (tertiary/aromatic N) is 1. The number of amides is 2. The van der Waals surface area contributed by atoms with Crippen LogP contribution in [-0.2, 0) is 43.6 Å². The number of fused-ring (bicyclic) bond motifs is 2. The van der Waals surface area contributed by atoms with Gasteiger partial charge >= 0.3 is 5.97 Å². The number of nitrogens with one attached hydrogen (secondary N) is 1. The summed E-state index contributed by atoms with van der Waals surface area (Å²) in [5, 5.41) is 8.38. The number of primary sulfonamides is 1. The van der Waals surface area contributed by atoms with Gasteiger partial charge < -0.3 is 15.0 Å². The van der Waals surface area contributed by atoms with Gasteiger partial charge in [0.25, 0.3) is 5.91 Å². The number of carbonyl (C=O) groups excluding carboxylic acids is 3. The molecule has 0 fully saturated rings. The molecule has 0 spiro atoms. The summed E-state index contributed by atoms with van der Waals surface area (Å²) in [5.74, 6) is -1.33. The summed E-state index contributed by atoms with van der Waals surface area (Å²) in [6.07, 6.45) is 4.02. The van der Waals surface area contributed by atoms with Crippen LogP contribution >= 0.6 is 11.3 Å². The van der Waals surface area contributed by atoms with Crippen molar-refractivity contribution in [2.45, 2.75) is 56.9 Å². The monoisotopic (exact) mass is 491 g/mol. The summed E-state index contributed by atoms with van der Waals surface area (Å²) >= 11 is 1.39. The van der Waals surface area contributed by atoms with Crippen LogP contribution in [0.3, 0.4) is 0 Å². The highest BCUT2D eigenvalue weighted by Crippen LogP contribution is 2.39. The average Bonchev–Trinajstić information content (AvgIpc) is 3.26. The number of sulfonamides is 1. The second-order valence-electron chi connectivity index (χ2n) is 8.32. The maximum Gasteiger partial charge on any atom is 0.341 e. The molecule has 2 heterocycles. The molecule has 4 rings (SSSR count). The second kappa shape index (κ2) is 8.88. The van der Waals surface area contributed by atoms with Gasteiger partial charge in [-0.25, -0.2) is 18.4 Å². The van der Waals surface area contributed by atoms with E-state index in [1.54, 1.807) is 6.07 Å². The Morgan fingerprint density at radius 3 is 2.67 bits per heavy atom. The standard InChI is InChI=1S/C22H25N3O6S2/c1-12-9-14-10-15(33(23,29)30)7-8-17(14)25(12)19(27)11-31-22(28)20-16-5-3-4-6-18(16)32-21(20)24-13(2)26/h7-8,10,12H,3-6,9,11H2,1-2H3,(H,24,26)(H2,23,29,30)/t12-/m0/s1. The van der Waals surface area contributed by atoms with Crippen LogP contribution in [0, 0.1) is 0 Å². The minimum absolute atomic E-state index is 0.0121. The molecule has 176 valence electrons. The fourth-order valence-corrected chi connectivity index (χ4v) is 6.35. The number of hydrogen-bond donors (Lipinski definition) is 2. The lowest BCUT2D eigenvalue weighted by Gasteiger charge is -2.22. The Kier molecular flexibility index (Phi) is 6.30. The fourth-order valence-electron chi connectivity index (χ4n) is 4.46. The Morgan fingerprint density at radius 2 is 1.97 bits per heavy atom. The first-order chi connectivity index (χ1) is 15.6. The Bertz CT molecular complexity index is 1250. The van der Waals surface area contributed by atoms with Crippen molar-refractivity contribution < 1.29 is 27.5 Å². The highest BCUT2D eigenvalue weighted by molar-refractivity contribution is 7.89. The van der Waals surface area contributed by atoms with Gasteiger partial charge in [-0.1, -0.05) is 0 Å². The molecule has 2 amide bonds. The zero-order valence-electron chi connectivity index (χ0n) is 18.3. The summed E-state index contributed by atoms with van der Waals surface area (Å²) in [4.78, 5) is 40.1.